The Morgan fingerprint density at radius 2 is 2.07 bits per heavy atom. The summed E-state index contributed by atoms with van der Waals surface area (Å²) in [7, 11) is 1.88. The van der Waals surface area contributed by atoms with Crippen LogP contribution in [0.25, 0.3) is 11.0 Å². The minimum Gasteiger partial charge on any atom is -0.384 e. The quantitative estimate of drug-likeness (QED) is 0.696. The Morgan fingerprint density at radius 1 is 1.30 bits per heavy atom. The third-order valence-corrected chi connectivity index (χ3v) is 5.64. The monoisotopic (exact) mass is 398 g/mol. The van der Waals surface area contributed by atoms with Crippen molar-refractivity contribution in [3.05, 3.63) is 83.3 Å². The molecule has 3 N–H and O–H groups in total. The summed E-state index contributed by atoms with van der Waals surface area (Å²) in [6.07, 6.45) is 8.13. The first-order valence-corrected chi connectivity index (χ1v) is 9.63. The van der Waals surface area contributed by atoms with Crippen molar-refractivity contribution in [1.82, 2.24) is 13.9 Å². The van der Waals surface area contributed by atoms with Crippen molar-refractivity contribution in [3.63, 3.8) is 0 Å². The molecule has 4 rings (SSSR count). The van der Waals surface area contributed by atoms with Crippen molar-refractivity contribution >= 4 is 34.6 Å². The lowest BCUT2D eigenvalue weighted by Crippen LogP contribution is -2.35. The normalized spacial score (nSPS) is 18.0. The Balaban J connectivity index is 1.77. The molecule has 0 spiro atoms. The number of rotatable bonds is 4. The molecular weight excluding hydrogens is 380 g/mol. The molecule has 7 heteroatoms. The zero-order valence-electron chi connectivity index (χ0n) is 14.7. The molecule has 3 aromatic rings. The molecule has 0 radical (unpaired) electrons. The van der Waals surface area contributed by atoms with E-state index in [-0.39, 0.29) is 6.17 Å². The fraction of sp³-hybridized carbons (Fsp3) is 0.150. The number of benzene rings is 1. The van der Waals surface area contributed by atoms with E-state index in [0.29, 0.717) is 5.02 Å². The molecule has 1 aliphatic heterocycles. The summed E-state index contributed by atoms with van der Waals surface area (Å²) in [5.41, 5.74) is 8.23. The van der Waals surface area contributed by atoms with E-state index in [9.17, 15) is 5.11 Å². The lowest BCUT2D eigenvalue weighted by atomic mass is 10.00. The van der Waals surface area contributed by atoms with Gasteiger partial charge in [-0.25, -0.2) is 4.98 Å². The second kappa shape index (κ2) is 7.40. The Bertz CT molecular complexity index is 1030. The summed E-state index contributed by atoms with van der Waals surface area (Å²) in [6.45, 7) is 0. The van der Waals surface area contributed by atoms with Crippen LogP contribution in [0.5, 0.6) is 0 Å². The molecule has 1 aliphatic rings. The number of halogens is 1. The van der Waals surface area contributed by atoms with Gasteiger partial charge in [-0.3, -0.25) is 3.97 Å². The van der Waals surface area contributed by atoms with Gasteiger partial charge in [-0.15, -0.1) is 0 Å². The maximum absolute atomic E-state index is 11.0. The highest BCUT2D eigenvalue weighted by atomic mass is 35.5. The summed E-state index contributed by atoms with van der Waals surface area (Å²) in [5, 5.41) is 12.4. The van der Waals surface area contributed by atoms with Crippen LogP contribution in [-0.4, -0.2) is 32.2 Å². The predicted molar refractivity (Wildman–Crippen MR) is 110 cm³/mol. The number of fused-ring (bicyclic) bond motifs is 1. The van der Waals surface area contributed by atoms with Gasteiger partial charge in [0.2, 0.25) is 0 Å². The highest BCUT2D eigenvalue weighted by Gasteiger charge is 2.22. The van der Waals surface area contributed by atoms with Crippen LogP contribution in [0.2, 0.25) is 5.02 Å². The molecule has 0 fully saturated rings. The van der Waals surface area contributed by atoms with Gasteiger partial charge < -0.3 is 15.7 Å². The van der Waals surface area contributed by atoms with Gasteiger partial charge in [0, 0.05) is 47.1 Å². The van der Waals surface area contributed by atoms with Gasteiger partial charge in [-0.05, 0) is 36.2 Å². The topological polar surface area (TPSA) is 67.3 Å². The maximum Gasteiger partial charge on any atom is 0.150 e. The first-order chi connectivity index (χ1) is 13.0. The summed E-state index contributed by atoms with van der Waals surface area (Å²) < 4.78 is 1.96. The van der Waals surface area contributed by atoms with Gasteiger partial charge in [0.15, 0.2) is 5.65 Å². The number of nitrogens with zero attached hydrogens (tertiary/aromatic N) is 3. The Kier molecular flexibility index (Phi) is 4.97. The van der Waals surface area contributed by atoms with Crippen LogP contribution < -0.4 is 5.73 Å². The molecule has 0 bridgehead atoms. The number of hydrogen-bond acceptors (Lipinski definition) is 5. The van der Waals surface area contributed by atoms with Crippen molar-refractivity contribution in [3.8, 4) is 0 Å². The number of likely N-dealkylation sites (N-methyl/N-ethyl adjacent to an activating group) is 1. The van der Waals surface area contributed by atoms with E-state index < -0.39 is 6.10 Å². The second-order valence-electron chi connectivity index (χ2n) is 6.39. The van der Waals surface area contributed by atoms with Crippen LogP contribution in [0.15, 0.2) is 77.6 Å². The molecular formula is C20H19ClN4OS. The van der Waals surface area contributed by atoms with Crippen LogP contribution in [0.4, 0.5) is 0 Å². The third-order valence-electron chi connectivity index (χ3n) is 4.48. The average molecular weight is 399 g/mol. The second-order valence-corrected chi connectivity index (χ2v) is 7.87. The van der Waals surface area contributed by atoms with Crippen LogP contribution >= 0.6 is 23.5 Å². The molecule has 0 saturated heterocycles. The van der Waals surface area contributed by atoms with Gasteiger partial charge >= 0.3 is 0 Å². The minimum absolute atomic E-state index is 0.188. The van der Waals surface area contributed by atoms with Crippen molar-refractivity contribution in [2.45, 2.75) is 17.2 Å². The number of pyridine rings is 1. The highest BCUT2D eigenvalue weighted by molar-refractivity contribution is 7.98. The van der Waals surface area contributed by atoms with Crippen LogP contribution in [0.1, 0.15) is 11.7 Å². The Labute approximate surface area is 166 Å². The SMILES string of the molecule is CN1C=C(C(O)c2cn(Sc3ccccc3)c3ncc(Cl)cc23)C=CC1N. The van der Waals surface area contributed by atoms with Gasteiger partial charge in [-0.1, -0.05) is 35.9 Å². The standard InChI is InChI=1S/C20H19ClN4OS/c1-24-11-13(7-8-18(24)22)19(26)17-12-25(27-15-5-3-2-4-6-15)20-16(17)9-14(21)10-23-20/h2-12,18-19,26H,22H2,1H3. The molecule has 1 aromatic carbocycles. The van der Waals surface area contributed by atoms with Gasteiger partial charge in [0.25, 0.3) is 0 Å². The largest absolute Gasteiger partial charge is 0.384 e. The zero-order valence-corrected chi connectivity index (χ0v) is 16.2. The molecule has 2 aromatic heterocycles. The van der Waals surface area contributed by atoms with Gasteiger partial charge in [-0.2, -0.15) is 0 Å². The molecule has 2 unspecified atom stereocenters. The summed E-state index contributed by atoms with van der Waals surface area (Å²) in [6, 6.07) is 11.9. The van der Waals surface area contributed by atoms with Crippen molar-refractivity contribution in [2.75, 3.05) is 7.05 Å². The molecule has 138 valence electrons. The van der Waals surface area contributed by atoms with E-state index in [1.807, 2.05) is 76.9 Å². The molecule has 5 nitrogen and oxygen atoms in total. The van der Waals surface area contributed by atoms with E-state index in [4.69, 9.17) is 17.3 Å². The van der Waals surface area contributed by atoms with Gasteiger partial charge in [0.1, 0.15) is 6.10 Å². The molecule has 2 atom stereocenters. The fourth-order valence-corrected chi connectivity index (χ4v) is 4.07. The average Bonchev–Trinajstić information content (AvgIpc) is 3.01. The van der Waals surface area contributed by atoms with E-state index >= 15 is 0 Å². The van der Waals surface area contributed by atoms with Crippen LogP contribution in [0.3, 0.4) is 0 Å². The minimum atomic E-state index is -0.809. The number of aliphatic hydroxyl groups is 1. The van der Waals surface area contributed by atoms with Crippen LogP contribution in [0, 0.1) is 0 Å². The number of hydrogen-bond donors (Lipinski definition) is 2. The lowest BCUT2D eigenvalue weighted by molar-refractivity contribution is 0.215. The molecule has 0 saturated carbocycles. The van der Waals surface area contributed by atoms with Crippen molar-refractivity contribution in [1.29, 1.82) is 0 Å². The predicted octanol–water partition coefficient (Wildman–Crippen LogP) is 3.95. The molecule has 27 heavy (non-hydrogen) atoms. The first kappa shape index (κ1) is 18.1. The molecule has 0 amide bonds. The molecule has 3 heterocycles. The number of aromatic nitrogens is 2. The number of aliphatic hydroxyl groups excluding tert-OH is 1. The Morgan fingerprint density at radius 3 is 2.81 bits per heavy atom. The third kappa shape index (κ3) is 3.61. The molecule has 0 aliphatic carbocycles. The first-order valence-electron chi connectivity index (χ1n) is 8.48. The van der Waals surface area contributed by atoms with Crippen molar-refractivity contribution < 1.29 is 5.11 Å². The highest BCUT2D eigenvalue weighted by Crippen LogP contribution is 2.36. The van der Waals surface area contributed by atoms with Crippen LogP contribution in [-0.2, 0) is 0 Å². The summed E-state index contributed by atoms with van der Waals surface area (Å²) >= 11 is 7.72. The van der Waals surface area contributed by atoms with E-state index in [2.05, 4.69) is 4.98 Å². The fourth-order valence-electron chi connectivity index (χ4n) is 3.01. The lowest BCUT2D eigenvalue weighted by Gasteiger charge is -2.26. The van der Waals surface area contributed by atoms with E-state index in [1.54, 1.807) is 18.1 Å². The zero-order chi connectivity index (χ0) is 19.0. The van der Waals surface area contributed by atoms with E-state index in [1.165, 1.54) is 0 Å². The van der Waals surface area contributed by atoms with E-state index in [0.717, 1.165) is 27.1 Å². The summed E-state index contributed by atoms with van der Waals surface area (Å²) in [4.78, 5) is 7.42. The van der Waals surface area contributed by atoms with Crippen molar-refractivity contribution in [2.24, 2.45) is 5.73 Å². The summed E-state index contributed by atoms with van der Waals surface area (Å²) in [5.74, 6) is 0. The maximum atomic E-state index is 11.0. The smallest absolute Gasteiger partial charge is 0.150 e. The number of nitrogens with two attached hydrogens (primary N) is 1. The van der Waals surface area contributed by atoms with Gasteiger partial charge in [0.05, 0.1) is 11.2 Å². The Hall–Kier alpha value is -2.25.